The van der Waals surface area contributed by atoms with Gasteiger partial charge >= 0.3 is 5.97 Å². The molecular weight excluding hydrogens is 464 g/mol. The lowest BCUT2D eigenvalue weighted by molar-refractivity contribution is -0.140. The summed E-state index contributed by atoms with van der Waals surface area (Å²) in [6.07, 6.45) is 6.50. The van der Waals surface area contributed by atoms with Crippen LogP contribution in [-0.4, -0.2) is 31.5 Å². The monoisotopic (exact) mass is 496 g/mol. The summed E-state index contributed by atoms with van der Waals surface area (Å²) < 4.78 is 10.5. The number of rotatable bonds is 7. The SMILES string of the molecule is CCOC(=O)c1c(NC(=O)C23CC4CC(CC(C4)C2)C3)sc(C(=O)Nc2cccc(OC)c2)c1C. The summed E-state index contributed by atoms with van der Waals surface area (Å²) in [4.78, 5) is 40.1. The first kappa shape index (κ1) is 23.9. The lowest BCUT2D eigenvalue weighted by Gasteiger charge is -2.55. The molecule has 2 amide bonds. The van der Waals surface area contributed by atoms with Crippen LogP contribution in [0.4, 0.5) is 10.7 Å². The molecule has 186 valence electrons. The van der Waals surface area contributed by atoms with Crippen molar-refractivity contribution in [2.24, 2.45) is 23.2 Å². The third-order valence-corrected chi connectivity index (χ3v) is 9.11. The lowest BCUT2D eigenvalue weighted by Crippen LogP contribution is -2.51. The molecule has 1 aromatic heterocycles. The quantitative estimate of drug-likeness (QED) is 0.483. The van der Waals surface area contributed by atoms with Gasteiger partial charge in [-0.1, -0.05) is 6.07 Å². The van der Waals surface area contributed by atoms with E-state index in [2.05, 4.69) is 10.6 Å². The zero-order valence-electron chi connectivity index (χ0n) is 20.4. The molecule has 6 rings (SSSR count). The first-order valence-electron chi connectivity index (χ1n) is 12.4. The van der Waals surface area contributed by atoms with Crippen LogP contribution < -0.4 is 15.4 Å². The Morgan fingerprint density at radius 1 is 1.06 bits per heavy atom. The second-order valence-corrected chi connectivity index (χ2v) is 11.3. The van der Waals surface area contributed by atoms with Gasteiger partial charge in [-0.25, -0.2) is 4.79 Å². The molecule has 0 unspecified atom stereocenters. The zero-order chi connectivity index (χ0) is 24.7. The molecule has 2 N–H and O–H groups in total. The second-order valence-electron chi connectivity index (χ2n) is 10.3. The molecule has 4 aliphatic rings. The Morgan fingerprint density at radius 3 is 2.31 bits per heavy atom. The number of hydrogen-bond acceptors (Lipinski definition) is 6. The highest BCUT2D eigenvalue weighted by Crippen LogP contribution is 2.60. The second kappa shape index (κ2) is 9.30. The van der Waals surface area contributed by atoms with Crippen LogP contribution in [0.1, 0.15) is 71.0 Å². The molecule has 4 saturated carbocycles. The summed E-state index contributed by atoms with van der Waals surface area (Å²) in [5.41, 5.74) is 1.00. The van der Waals surface area contributed by atoms with E-state index in [0.29, 0.717) is 44.6 Å². The molecule has 4 bridgehead atoms. The van der Waals surface area contributed by atoms with Crippen LogP contribution in [0.3, 0.4) is 0 Å². The number of esters is 1. The molecule has 4 fully saturated rings. The fourth-order valence-electron chi connectivity index (χ4n) is 6.78. The van der Waals surface area contributed by atoms with Gasteiger partial charge in [0.05, 0.1) is 29.6 Å². The summed E-state index contributed by atoms with van der Waals surface area (Å²) in [5, 5.41) is 6.36. The van der Waals surface area contributed by atoms with Gasteiger partial charge in [-0.3, -0.25) is 9.59 Å². The van der Waals surface area contributed by atoms with Crippen molar-refractivity contribution in [2.45, 2.75) is 52.4 Å². The van der Waals surface area contributed by atoms with Gasteiger partial charge in [0.2, 0.25) is 5.91 Å². The molecule has 1 heterocycles. The molecule has 0 saturated heterocycles. The number of anilines is 2. The Kier molecular flexibility index (Phi) is 6.34. The standard InChI is InChI=1S/C27H32N2O5S/c1-4-34-25(31)21-15(2)22(23(30)28-19-6-5-7-20(11-19)33-3)35-24(21)29-26(32)27-12-16-8-17(13-27)10-18(9-16)14-27/h5-7,11,16-18H,4,8-10,12-14H2,1-3H3,(H,28,30)(H,29,32). The van der Waals surface area contributed by atoms with E-state index >= 15 is 0 Å². The summed E-state index contributed by atoms with van der Waals surface area (Å²) in [6, 6.07) is 7.08. The summed E-state index contributed by atoms with van der Waals surface area (Å²) in [5.74, 6) is 1.64. The van der Waals surface area contributed by atoms with Crippen molar-refractivity contribution in [1.29, 1.82) is 0 Å². The van der Waals surface area contributed by atoms with E-state index in [-0.39, 0.29) is 29.4 Å². The van der Waals surface area contributed by atoms with E-state index in [4.69, 9.17) is 9.47 Å². The van der Waals surface area contributed by atoms with E-state index in [1.54, 1.807) is 45.2 Å². The smallest absolute Gasteiger partial charge is 0.341 e. The summed E-state index contributed by atoms with van der Waals surface area (Å²) in [6.45, 7) is 3.68. The molecule has 2 aromatic rings. The maximum absolute atomic E-state index is 13.7. The molecule has 0 spiro atoms. The van der Waals surface area contributed by atoms with Crippen molar-refractivity contribution in [3.63, 3.8) is 0 Å². The Bertz CT molecular complexity index is 1140. The predicted octanol–water partition coefficient (Wildman–Crippen LogP) is 5.65. The molecule has 7 nitrogen and oxygen atoms in total. The van der Waals surface area contributed by atoms with Gasteiger partial charge in [-0.2, -0.15) is 0 Å². The van der Waals surface area contributed by atoms with Crippen LogP contribution in [0.15, 0.2) is 24.3 Å². The molecular formula is C27H32N2O5S. The Hall–Kier alpha value is -2.87. The first-order valence-corrected chi connectivity index (χ1v) is 13.2. The van der Waals surface area contributed by atoms with Crippen molar-refractivity contribution in [1.82, 2.24) is 0 Å². The van der Waals surface area contributed by atoms with Crippen LogP contribution in [0.5, 0.6) is 5.75 Å². The van der Waals surface area contributed by atoms with Crippen molar-refractivity contribution in [2.75, 3.05) is 24.4 Å². The lowest BCUT2D eigenvalue weighted by atomic mass is 9.49. The third kappa shape index (κ3) is 4.44. The zero-order valence-corrected chi connectivity index (χ0v) is 21.3. The number of nitrogens with one attached hydrogen (secondary N) is 2. The van der Waals surface area contributed by atoms with Crippen LogP contribution in [0, 0.1) is 30.1 Å². The van der Waals surface area contributed by atoms with Gasteiger partial charge in [-0.05, 0) is 87.8 Å². The van der Waals surface area contributed by atoms with Crippen LogP contribution >= 0.6 is 11.3 Å². The van der Waals surface area contributed by atoms with Crippen molar-refractivity contribution >= 4 is 39.8 Å². The summed E-state index contributed by atoms with van der Waals surface area (Å²) >= 11 is 1.13. The fraction of sp³-hybridized carbons (Fsp3) is 0.519. The van der Waals surface area contributed by atoms with Crippen molar-refractivity contribution in [3.05, 3.63) is 40.3 Å². The first-order chi connectivity index (χ1) is 16.8. The van der Waals surface area contributed by atoms with Gasteiger partial charge < -0.3 is 20.1 Å². The normalized spacial score (nSPS) is 26.3. The van der Waals surface area contributed by atoms with E-state index in [9.17, 15) is 14.4 Å². The Labute approximate surface area is 209 Å². The van der Waals surface area contributed by atoms with Crippen molar-refractivity contribution < 1.29 is 23.9 Å². The number of carbonyl (C=O) groups excluding carboxylic acids is 3. The number of ether oxygens (including phenoxy) is 2. The maximum atomic E-state index is 13.7. The minimum Gasteiger partial charge on any atom is -0.497 e. The number of amides is 2. The highest BCUT2D eigenvalue weighted by molar-refractivity contribution is 7.19. The Morgan fingerprint density at radius 2 is 1.71 bits per heavy atom. The largest absolute Gasteiger partial charge is 0.497 e. The average Bonchev–Trinajstić information content (AvgIpc) is 3.14. The number of benzene rings is 1. The van der Waals surface area contributed by atoms with Gasteiger partial charge in [0.25, 0.3) is 5.91 Å². The van der Waals surface area contributed by atoms with Gasteiger partial charge in [0.1, 0.15) is 10.8 Å². The van der Waals surface area contributed by atoms with Gasteiger partial charge in [0.15, 0.2) is 0 Å². The van der Waals surface area contributed by atoms with E-state index in [1.165, 1.54) is 19.3 Å². The number of thiophene rings is 1. The molecule has 35 heavy (non-hydrogen) atoms. The highest BCUT2D eigenvalue weighted by Gasteiger charge is 2.54. The maximum Gasteiger partial charge on any atom is 0.341 e. The minimum absolute atomic E-state index is 0.0110. The third-order valence-electron chi connectivity index (χ3n) is 7.91. The number of hydrogen-bond donors (Lipinski definition) is 2. The molecule has 0 aliphatic heterocycles. The van der Waals surface area contributed by atoms with Gasteiger partial charge in [-0.15, -0.1) is 11.3 Å². The van der Waals surface area contributed by atoms with E-state index < -0.39 is 5.97 Å². The van der Waals surface area contributed by atoms with Crippen LogP contribution in [0.25, 0.3) is 0 Å². The topological polar surface area (TPSA) is 93.7 Å². The average molecular weight is 497 g/mol. The van der Waals surface area contributed by atoms with Gasteiger partial charge in [0, 0.05) is 11.8 Å². The number of carbonyl (C=O) groups is 3. The number of methoxy groups -OCH3 is 1. The summed E-state index contributed by atoms with van der Waals surface area (Å²) in [7, 11) is 1.56. The van der Waals surface area contributed by atoms with Crippen LogP contribution in [0.2, 0.25) is 0 Å². The molecule has 4 aliphatic carbocycles. The molecule has 0 radical (unpaired) electrons. The molecule has 1 aromatic carbocycles. The molecule has 8 heteroatoms. The van der Waals surface area contributed by atoms with E-state index in [0.717, 1.165) is 30.6 Å². The Balaban J connectivity index is 1.42. The molecule has 0 atom stereocenters. The fourth-order valence-corrected chi connectivity index (χ4v) is 7.87. The minimum atomic E-state index is -0.525. The predicted molar refractivity (Wildman–Crippen MR) is 135 cm³/mol. The van der Waals surface area contributed by atoms with Crippen LogP contribution in [-0.2, 0) is 9.53 Å². The van der Waals surface area contributed by atoms with Crippen molar-refractivity contribution in [3.8, 4) is 5.75 Å². The highest BCUT2D eigenvalue weighted by atomic mass is 32.1. The van der Waals surface area contributed by atoms with E-state index in [1.807, 2.05) is 0 Å².